The van der Waals surface area contributed by atoms with Gasteiger partial charge in [-0.25, -0.2) is 0 Å². The molecule has 0 saturated carbocycles. The van der Waals surface area contributed by atoms with Gasteiger partial charge in [-0.2, -0.15) is 0 Å². The summed E-state index contributed by atoms with van der Waals surface area (Å²) in [5.74, 6) is 0. The molecule has 1 aliphatic carbocycles. The molecule has 0 aromatic carbocycles. The minimum Gasteiger partial charge on any atom is -0.0842 e. The van der Waals surface area contributed by atoms with Crippen LogP contribution in [-0.2, 0) is 0 Å². The predicted octanol–water partition coefficient (Wildman–Crippen LogP) is 3.95. The van der Waals surface area contributed by atoms with Crippen molar-refractivity contribution >= 4 is 0 Å². The van der Waals surface area contributed by atoms with Gasteiger partial charge in [0.25, 0.3) is 0 Å². The summed E-state index contributed by atoms with van der Waals surface area (Å²) in [6, 6.07) is 0. The Morgan fingerprint density at radius 1 is 0.700 bits per heavy atom. The highest BCUT2D eigenvalue weighted by Gasteiger charge is 1.77. The van der Waals surface area contributed by atoms with Crippen LogP contribution < -0.4 is 0 Å². The van der Waals surface area contributed by atoms with Gasteiger partial charge >= 0.3 is 0 Å². The fourth-order valence-corrected chi connectivity index (χ4v) is 0.542. The smallest absolute Gasteiger partial charge is 0.0313 e. The highest BCUT2D eigenvalue weighted by molar-refractivity contribution is 5.07. The molecule has 0 unspecified atom stereocenters. The van der Waals surface area contributed by atoms with E-state index in [4.69, 9.17) is 0 Å². The standard InChI is InChI=1S/C6H8.2C2H6/c1-2-4-6-5-3-1;2*1-2/h1-4H,5-6H2;2*1-2H3. The van der Waals surface area contributed by atoms with Gasteiger partial charge in [-0.15, -0.1) is 0 Å². The second-order valence-corrected chi connectivity index (χ2v) is 1.43. The predicted molar refractivity (Wildman–Crippen MR) is 50.2 cm³/mol. The van der Waals surface area contributed by atoms with Crippen molar-refractivity contribution in [2.45, 2.75) is 40.5 Å². The molecule has 0 heteroatoms. The summed E-state index contributed by atoms with van der Waals surface area (Å²) < 4.78 is 0. The van der Waals surface area contributed by atoms with Gasteiger partial charge in [0.05, 0.1) is 0 Å². The highest BCUT2D eigenvalue weighted by atomic mass is 13.8. The Labute approximate surface area is 65.7 Å². The summed E-state index contributed by atoms with van der Waals surface area (Å²) >= 11 is 0. The van der Waals surface area contributed by atoms with Gasteiger partial charge in [0.2, 0.25) is 0 Å². The Hall–Kier alpha value is -0.520. The monoisotopic (exact) mass is 140 g/mol. The number of hydrogen-bond donors (Lipinski definition) is 0. The van der Waals surface area contributed by atoms with Crippen LogP contribution in [0.25, 0.3) is 0 Å². The van der Waals surface area contributed by atoms with Crippen LogP contribution in [0.5, 0.6) is 0 Å². The lowest BCUT2D eigenvalue weighted by Crippen LogP contribution is -1.67. The third-order valence-electron chi connectivity index (χ3n) is 0.883. The summed E-state index contributed by atoms with van der Waals surface area (Å²) in [6.07, 6.45) is 11.0. The second-order valence-electron chi connectivity index (χ2n) is 1.43. The molecule has 0 radical (unpaired) electrons. The molecule has 60 valence electrons. The first-order valence-corrected chi connectivity index (χ1v) is 4.32. The van der Waals surface area contributed by atoms with Crippen molar-refractivity contribution in [2.24, 2.45) is 0 Å². The molecule has 10 heavy (non-hydrogen) atoms. The van der Waals surface area contributed by atoms with Crippen LogP contribution in [0.1, 0.15) is 40.5 Å². The highest BCUT2D eigenvalue weighted by Crippen LogP contribution is 1.98. The van der Waals surface area contributed by atoms with E-state index in [0.29, 0.717) is 0 Å². The molecule has 0 nitrogen and oxygen atoms in total. The Balaban J connectivity index is 0. The summed E-state index contributed by atoms with van der Waals surface area (Å²) in [4.78, 5) is 0. The Kier molecular flexibility index (Phi) is 19.3. The zero-order valence-electron chi connectivity index (χ0n) is 7.72. The van der Waals surface area contributed by atoms with Gasteiger partial charge in [0, 0.05) is 0 Å². The SMILES string of the molecule is C1=CCCC=C1.CC.CC. The molecule has 0 spiro atoms. The van der Waals surface area contributed by atoms with Crippen molar-refractivity contribution in [3.05, 3.63) is 24.3 Å². The molecule has 0 heterocycles. The van der Waals surface area contributed by atoms with Gasteiger partial charge < -0.3 is 0 Å². The van der Waals surface area contributed by atoms with Crippen LogP contribution in [0, 0.1) is 0 Å². The first-order chi connectivity index (χ1) is 5.00. The number of hydrogen-bond acceptors (Lipinski definition) is 0. The largest absolute Gasteiger partial charge is 0.0842 e. The van der Waals surface area contributed by atoms with Crippen molar-refractivity contribution in [1.82, 2.24) is 0 Å². The average molecular weight is 140 g/mol. The van der Waals surface area contributed by atoms with E-state index in [1.807, 2.05) is 27.7 Å². The number of allylic oxidation sites excluding steroid dienone is 4. The van der Waals surface area contributed by atoms with Gasteiger partial charge in [-0.3, -0.25) is 0 Å². The van der Waals surface area contributed by atoms with Crippen molar-refractivity contribution in [2.75, 3.05) is 0 Å². The lowest BCUT2D eigenvalue weighted by molar-refractivity contribution is 1.04. The molecule has 0 amide bonds. The summed E-state index contributed by atoms with van der Waals surface area (Å²) in [5, 5.41) is 0. The third kappa shape index (κ3) is 10.5. The van der Waals surface area contributed by atoms with Crippen LogP contribution in [0.4, 0.5) is 0 Å². The molecular formula is C10H20. The van der Waals surface area contributed by atoms with Crippen molar-refractivity contribution in [1.29, 1.82) is 0 Å². The Bertz CT molecular complexity index is 66.0. The minimum absolute atomic E-state index is 1.23. The van der Waals surface area contributed by atoms with Gasteiger partial charge in [-0.1, -0.05) is 52.0 Å². The van der Waals surface area contributed by atoms with E-state index in [2.05, 4.69) is 24.3 Å². The fraction of sp³-hybridized carbons (Fsp3) is 0.600. The Morgan fingerprint density at radius 2 is 1.00 bits per heavy atom. The molecule has 0 aromatic rings. The van der Waals surface area contributed by atoms with E-state index >= 15 is 0 Å². The van der Waals surface area contributed by atoms with E-state index in [-0.39, 0.29) is 0 Å². The second kappa shape index (κ2) is 15.8. The molecule has 0 saturated heterocycles. The van der Waals surface area contributed by atoms with E-state index in [1.54, 1.807) is 0 Å². The van der Waals surface area contributed by atoms with Gasteiger partial charge in [0.1, 0.15) is 0 Å². The lowest BCUT2D eigenvalue weighted by atomic mass is 10.2. The topological polar surface area (TPSA) is 0 Å². The summed E-state index contributed by atoms with van der Waals surface area (Å²) in [7, 11) is 0. The lowest BCUT2D eigenvalue weighted by Gasteiger charge is -1.88. The quantitative estimate of drug-likeness (QED) is 0.478. The van der Waals surface area contributed by atoms with Gasteiger partial charge in [-0.05, 0) is 12.8 Å². The summed E-state index contributed by atoms with van der Waals surface area (Å²) in [5.41, 5.74) is 0. The van der Waals surface area contributed by atoms with Crippen LogP contribution in [-0.4, -0.2) is 0 Å². The first-order valence-electron chi connectivity index (χ1n) is 4.32. The maximum atomic E-state index is 2.18. The zero-order valence-corrected chi connectivity index (χ0v) is 7.72. The van der Waals surface area contributed by atoms with E-state index in [1.165, 1.54) is 12.8 Å². The normalized spacial score (nSPS) is 12.4. The molecular weight excluding hydrogens is 120 g/mol. The van der Waals surface area contributed by atoms with Crippen LogP contribution in [0.15, 0.2) is 24.3 Å². The number of rotatable bonds is 0. The molecule has 0 bridgehead atoms. The summed E-state index contributed by atoms with van der Waals surface area (Å²) in [6.45, 7) is 8.00. The van der Waals surface area contributed by atoms with Crippen molar-refractivity contribution < 1.29 is 0 Å². The Morgan fingerprint density at radius 3 is 1.10 bits per heavy atom. The molecule has 0 fully saturated rings. The molecule has 0 aromatic heterocycles. The van der Waals surface area contributed by atoms with E-state index in [9.17, 15) is 0 Å². The third-order valence-corrected chi connectivity index (χ3v) is 0.883. The first kappa shape index (κ1) is 12.2. The van der Waals surface area contributed by atoms with E-state index in [0.717, 1.165) is 0 Å². The van der Waals surface area contributed by atoms with Crippen molar-refractivity contribution in [3.63, 3.8) is 0 Å². The zero-order chi connectivity index (χ0) is 8.24. The molecule has 0 N–H and O–H groups in total. The fourth-order valence-electron chi connectivity index (χ4n) is 0.542. The molecule has 0 aliphatic heterocycles. The van der Waals surface area contributed by atoms with Crippen LogP contribution in [0.3, 0.4) is 0 Å². The van der Waals surface area contributed by atoms with Crippen LogP contribution in [0.2, 0.25) is 0 Å². The van der Waals surface area contributed by atoms with E-state index < -0.39 is 0 Å². The van der Waals surface area contributed by atoms with Crippen LogP contribution >= 0.6 is 0 Å². The molecule has 1 aliphatic rings. The maximum absolute atomic E-state index is 2.18. The molecule has 1 rings (SSSR count). The average Bonchev–Trinajstić information content (AvgIpc) is 2.14. The van der Waals surface area contributed by atoms with Gasteiger partial charge in [0.15, 0.2) is 0 Å². The maximum Gasteiger partial charge on any atom is -0.0313 e. The van der Waals surface area contributed by atoms with Crippen molar-refractivity contribution in [3.8, 4) is 0 Å². The minimum atomic E-state index is 1.23. The molecule has 0 atom stereocenters.